The van der Waals surface area contributed by atoms with Crippen LogP contribution in [0.2, 0.25) is 5.15 Å². The summed E-state index contributed by atoms with van der Waals surface area (Å²) in [4.78, 5) is 19.0. The second-order valence-electron chi connectivity index (χ2n) is 5.83. The summed E-state index contributed by atoms with van der Waals surface area (Å²) in [5.74, 6) is 0.726. The number of nitrogens with one attached hydrogen (secondary N) is 1. The standard InChI is InChI=1S/C16H24ClN3O/c1-4-8-18-15-10-13(9-14(17)19-15)16(21)20-11(2)6-5-7-12(20)3/h9-12H,4-8H2,1-3H3,(H,18,19). The lowest BCUT2D eigenvalue weighted by Crippen LogP contribution is -2.47. The monoisotopic (exact) mass is 309 g/mol. The Balaban J connectivity index is 2.23. The van der Waals surface area contributed by atoms with Gasteiger partial charge in [-0.15, -0.1) is 0 Å². The van der Waals surface area contributed by atoms with Gasteiger partial charge in [0.25, 0.3) is 5.91 Å². The van der Waals surface area contributed by atoms with E-state index in [1.54, 1.807) is 12.1 Å². The Labute approximate surface area is 131 Å². The molecule has 21 heavy (non-hydrogen) atoms. The second-order valence-corrected chi connectivity index (χ2v) is 6.22. The summed E-state index contributed by atoms with van der Waals surface area (Å²) >= 11 is 6.06. The van der Waals surface area contributed by atoms with Crippen molar-refractivity contribution < 1.29 is 4.79 Å². The van der Waals surface area contributed by atoms with Crippen molar-refractivity contribution in [2.45, 2.75) is 58.5 Å². The number of hydrogen-bond acceptors (Lipinski definition) is 3. The van der Waals surface area contributed by atoms with Gasteiger partial charge in [0.15, 0.2) is 0 Å². The molecule has 0 saturated carbocycles. The summed E-state index contributed by atoms with van der Waals surface area (Å²) in [6.07, 6.45) is 4.32. The van der Waals surface area contributed by atoms with Crippen molar-refractivity contribution in [1.82, 2.24) is 9.88 Å². The number of pyridine rings is 1. The number of carbonyl (C=O) groups is 1. The molecule has 1 saturated heterocycles. The van der Waals surface area contributed by atoms with Gasteiger partial charge >= 0.3 is 0 Å². The maximum absolute atomic E-state index is 12.8. The van der Waals surface area contributed by atoms with Crippen molar-refractivity contribution in [3.8, 4) is 0 Å². The number of carbonyl (C=O) groups excluding carboxylic acids is 1. The summed E-state index contributed by atoms with van der Waals surface area (Å²) in [5.41, 5.74) is 0.620. The quantitative estimate of drug-likeness (QED) is 0.856. The Hall–Kier alpha value is -1.29. The minimum atomic E-state index is 0.0542. The predicted molar refractivity (Wildman–Crippen MR) is 87.0 cm³/mol. The lowest BCUT2D eigenvalue weighted by atomic mass is 9.96. The van der Waals surface area contributed by atoms with E-state index in [0.29, 0.717) is 16.5 Å². The predicted octanol–water partition coefficient (Wildman–Crippen LogP) is 3.96. The molecule has 1 aromatic heterocycles. The number of aromatic nitrogens is 1. The maximum Gasteiger partial charge on any atom is 0.254 e. The molecule has 2 rings (SSSR count). The zero-order valence-electron chi connectivity index (χ0n) is 13.0. The Morgan fingerprint density at radius 1 is 1.38 bits per heavy atom. The van der Waals surface area contributed by atoms with Crippen LogP contribution >= 0.6 is 11.6 Å². The largest absolute Gasteiger partial charge is 0.370 e. The molecule has 5 heteroatoms. The van der Waals surface area contributed by atoms with Crippen LogP contribution in [0.1, 0.15) is 56.8 Å². The fourth-order valence-electron chi connectivity index (χ4n) is 2.93. The number of hydrogen-bond donors (Lipinski definition) is 1. The van der Waals surface area contributed by atoms with E-state index in [1.165, 1.54) is 6.42 Å². The number of nitrogens with zero attached hydrogens (tertiary/aromatic N) is 2. The fourth-order valence-corrected chi connectivity index (χ4v) is 3.14. The highest BCUT2D eigenvalue weighted by Gasteiger charge is 2.30. The molecule has 0 spiro atoms. The van der Waals surface area contributed by atoms with Crippen LogP contribution in [0.5, 0.6) is 0 Å². The molecular weight excluding hydrogens is 286 g/mol. The van der Waals surface area contributed by atoms with E-state index in [4.69, 9.17) is 11.6 Å². The Kier molecular flexibility index (Phi) is 5.45. The van der Waals surface area contributed by atoms with Gasteiger partial charge in [-0.25, -0.2) is 4.98 Å². The summed E-state index contributed by atoms with van der Waals surface area (Å²) in [5, 5.41) is 3.55. The van der Waals surface area contributed by atoms with E-state index < -0.39 is 0 Å². The van der Waals surface area contributed by atoms with Crippen LogP contribution in [0.4, 0.5) is 5.82 Å². The molecule has 2 unspecified atom stereocenters. The molecule has 0 radical (unpaired) electrons. The first-order valence-electron chi connectivity index (χ1n) is 7.77. The lowest BCUT2D eigenvalue weighted by Gasteiger charge is -2.39. The van der Waals surface area contributed by atoms with Gasteiger partial charge < -0.3 is 10.2 Å². The maximum atomic E-state index is 12.8. The molecule has 4 nitrogen and oxygen atoms in total. The van der Waals surface area contributed by atoms with Crippen molar-refractivity contribution in [2.24, 2.45) is 0 Å². The smallest absolute Gasteiger partial charge is 0.254 e. The molecule has 1 amide bonds. The Morgan fingerprint density at radius 2 is 2.05 bits per heavy atom. The topological polar surface area (TPSA) is 45.2 Å². The van der Waals surface area contributed by atoms with Gasteiger partial charge in [0.2, 0.25) is 0 Å². The third-order valence-electron chi connectivity index (χ3n) is 4.03. The van der Waals surface area contributed by atoms with E-state index in [9.17, 15) is 4.79 Å². The van der Waals surface area contributed by atoms with E-state index in [0.717, 1.165) is 25.8 Å². The minimum absolute atomic E-state index is 0.0542. The van der Waals surface area contributed by atoms with Gasteiger partial charge in [-0.3, -0.25) is 4.79 Å². The van der Waals surface area contributed by atoms with Crippen LogP contribution in [-0.2, 0) is 0 Å². The first-order valence-corrected chi connectivity index (χ1v) is 8.14. The van der Waals surface area contributed by atoms with Gasteiger partial charge in [-0.2, -0.15) is 0 Å². The molecule has 1 N–H and O–H groups in total. The molecule has 2 atom stereocenters. The average molecular weight is 310 g/mol. The van der Waals surface area contributed by atoms with Gasteiger partial charge in [-0.05, 0) is 51.7 Å². The number of likely N-dealkylation sites (tertiary alicyclic amines) is 1. The van der Waals surface area contributed by atoms with Crippen LogP contribution in [0.3, 0.4) is 0 Å². The summed E-state index contributed by atoms with van der Waals surface area (Å²) in [6, 6.07) is 4.02. The average Bonchev–Trinajstić information content (AvgIpc) is 2.44. The first kappa shape index (κ1) is 16.1. The van der Waals surface area contributed by atoms with E-state index in [-0.39, 0.29) is 18.0 Å². The highest BCUT2D eigenvalue weighted by atomic mass is 35.5. The normalized spacial score (nSPS) is 22.2. The zero-order valence-corrected chi connectivity index (χ0v) is 13.8. The summed E-state index contributed by atoms with van der Waals surface area (Å²) in [7, 11) is 0. The Bertz CT molecular complexity index is 496. The van der Waals surface area contributed by atoms with E-state index >= 15 is 0 Å². The van der Waals surface area contributed by atoms with Gasteiger partial charge in [0.1, 0.15) is 11.0 Å². The van der Waals surface area contributed by atoms with Gasteiger partial charge in [0, 0.05) is 24.2 Å². The van der Waals surface area contributed by atoms with Crippen LogP contribution < -0.4 is 5.32 Å². The van der Waals surface area contributed by atoms with Gasteiger partial charge in [-0.1, -0.05) is 18.5 Å². The second kappa shape index (κ2) is 7.12. The molecule has 1 fully saturated rings. The first-order chi connectivity index (χ1) is 10.0. The number of piperidine rings is 1. The lowest BCUT2D eigenvalue weighted by molar-refractivity contribution is 0.0510. The van der Waals surface area contributed by atoms with Crippen LogP contribution in [0.15, 0.2) is 12.1 Å². The summed E-state index contributed by atoms with van der Waals surface area (Å²) in [6.45, 7) is 7.14. The van der Waals surface area contributed by atoms with Crippen molar-refractivity contribution in [1.29, 1.82) is 0 Å². The number of rotatable bonds is 4. The molecule has 0 aromatic carbocycles. The SMILES string of the molecule is CCCNc1cc(C(=O)N2C(C)CCCC2C)cc(Cl)n1. The highest BCUT2D eigenvalue weighted by molar-refractivity contribution is 6.29. The Morgan fingerprint density at radius 3 is 2.67 bits per heavy atom. The van der Waals surface area contributed by atoms with Crippen molar-refractivity contribution in [3.05, 3.63) is 22.8 Å². The molecule has 0 bridgehead atoms. The van der Waals surface area contributed by atoms with Gasteiger partial charge in [0.05, 0.1) is 0 Å². The highest BCUT2D eigenvalue weighted by Crippen LogP contribution is 2.26. The molecule has 1 aliphatic rings. The molecule has 0 aliphatic carbocycles. The molecule has 1 aromatic rings. The molecular formula is C16H24ClN3O. The van der Waals surface area contributed by atoms with Crippen LogP contribution in [0, 0.1) is 0 Å². The van der Waals surface area contributed by atoms with E-state index in [1.807, 2.05) is 4.90 Å². The fraction of sp³-hybridized carbons (Fsp3) is 0.625. The summed E-state index contributed by atoms with van der Waals surface area (Å²) < 4.78 is 0. The number of halogens is 1. The molecule has 116 valence electrons. The third kappa shape index (κ3) is 3.88. The minimum Gasteiger partial charge on any atom is -0.370 e. The molecule has 1 aliphatic heterocycles. The van der Waals surface area contributed by atoms with Crippen LogP contribution in [0.25, 0.3) is 0 Å². The molecule has 2 heterocycles. The van der Waals surface area contributed by atoms with Crippen LogP contribution in [-0.4, -0.2) is 34.4 Å². The number of amides is 1. The van der Waals surface area contributed by atoms with Crippen molar-refractivity contribution >= 4 is 23.3 Å². The van der Waals surface area contributed by atoms with Crippen molar-refractivity contribution in [3.63, 3.8) is 0 Å². The van der Waals surface area contributed by atoms with Crippen molar-refractivity contribution in [2.75, 3.05) is 11.9 Å². The third-order valence-corrected chi connectivity index (χ3v) is 4.22. The zero-order chi connectivity index (χ0) is 15.4. The number of anilines is 1. The van der Waals surface area contributed by atoms with E-state index in [2.05, 4.69) is 31.1 Å².